The van der Waals surface area contributed by atoms with Crippen molar-refractivity contribution < 1.29 is 18.1 Å². The summed E-state index contributed by atoms with van der Waals surface area (Å²) in [5.41, 5.74) is 5.84. The van der Waals surface area contributed by atoms with E-state index in [1.165, 1.54) is 11.0 Å². The number of nitrogens with two attached hydrogens (primary N) is 1. The number of hydrogen-bond acceptors (Lipinski definition) is 6. The van der Waals surface area contributed by atoms with Crippen molar-refractivity contribution in [2.45, 2.75) is 25.1 Å². The summed E-state index contributed by atoms with van der Waals surface area (Å²) >= 11 is 0. The van der Waals surface area contributed by atoms with Gasteiger partial charge >= 0.3 is 6.09 Å². The second-order valence-corrected chi connectivity index (χ2v) is 8.40. The molecule has 9 heteroatoms. The maximum atomic E-state index is 14.7. The summed E-state index contributed by atoms with van der Waals surface area (Å²) in [6.07, 6.45) is 0.208. The van der Waals surface area contributed by atoms with Crippen LogP contribution in [-0.2, 0) is 15.5 Å². The van der Waals surface area contributed by atoms with Crippen molar-refractivity contribution in [2.75, 3.05) is 48.0 Å². The molecule has 3 atom stereocenters. The lowest BCUT2D eigenvalue weighted by atomic mass is 10.1. The van der Waals surface area contributed by atoms with Gasteiger partial charge in [-0.2, -0.15) is 0 Å². The number of cyclic esters (lactones) is 1. The van der Waals surface area contributed by atoms with Gasteiger partial charge in [0.25, 0.3) is 0 Å². The van der Waals surface area contributed by atoms with Crippen molar-refractivity contribution in [3.05, 3.63) is 24.0 Å². The van der Waals surface area contributed by atoms with Gasteiger partial charge in [-0.3, -0.25) is 14.4 Å². The van der Waals surface area contributed by atoms with E-state index in [4.69, 9.17) is 10.5 Å². The zero-order valence-electron chi connectivity index (χ0n) is 15.0. The van der Waals surface area contributed by atoms with E-state index < -0.39 is 34.5 Å². The smallest absolute Gasteiger partial charge is 0.416 e. The third kappa shape index (κ3) is 3.56. The Morgan fingerprint density at radius 2 is 2.15 bits per heavy atom. The van der Waals surface area contributed by atoms with E-state index in [0.717, 1.165) is 6.42 Å². The number of rotatable bonds is 4. The number of hydrogen-bond donors (Lipinski definition) is 2. The minimum Gasteiger partial charge on any atom is -0.424 e. The standard InChI is InChI=1S/C17H25FN4O3S/c1-12(19)17(20-2)11-22(16(23)25-17)13-4-5-15(14(18)10-13)21-6-3-8-26(24)9-7-21/h4-5,10,12,20H,3,6-9,11,19H2,1-2H3/t12-,17+,26?/m0/s1. The number of anilines is 2. The van der Waals surface area contributed by atoms with Crippen LogP contribution in [0.2, 0.25) is 0 Å². The van der Waals surface area contributed by atoms with E-state index in [-0.39, 0.29) is 6.54 Å². The van der Waals surface area contributed by atoms with Gasteiger partial charge < -0.3 is 15.4 Å². The second-order valence-electron chi connectivity index (χ2n) is 6.71. The molecule has 0 spiro atoms. The fourth-order valence-corrected chi connectivity index (χ4v) is 4.42. The molecule has 3 N–H and O–H groups in total. The number of halogens is 1. The summed E-state index contributed by atoms with van der Waals surface area (Å²) in [5.74, 6) is 0.781. The Morgan fingerprint density at radius 1 is 1.38 bits per heavy atom. The van der Waals surface area contributed by atoms with Gasteiger partial charge in [0.05, 0.1) is 24.0 Å². The van der Waals surface area contributed by atoms with Crippen LogP contribution in [0.4, 0.5) is 20.6 Å². The summed E-state index contributed by atoms with van der Waals surface area (Å²) in [7, 11) is 0.837. The fraction of sp³-hybridized carbons (Fsp3) is 0.588. The van der Waals surface area contributed by atoms with Crippen LogP contribution in [0.3, 0.4) is 0 Å². The summed E-state index contributed by atoms with van der Waals surface area (Å²) in [5, 5.41) is 2.96. The molecule has 0 radical (unpaired) electrons. The molecule has 0 aromatic heterocycles. The van der Waals surface area contributed by atoms with E-state index in [1.54, 1.807) is 26.1 Å². The van der Waals surface area contributed by atoms with Crippen molar-refractivity contribution >= 4 is 28.3 Å². The first kappa shape index (κ1) is 19.1. The van der Waals surface area contributed by atoms with E-state index in [0.29, 0.717) is 36.0 Å². The number of amides is 1. The molecular weight excluding hydrogens is 359 g/mol. The fourth-order valence-electron chi connectivity index (χ4n) is 3.34. The molecule has 1 unspecified atom stereocenters. The summed E-state index contributed by atoms with van der Waals surface area (Å²) in [6, 6.07) is 4.28. The molecular formula is C17H25FN4O3S. The summed E-state index contributed by atoms with van der Waals surface area (Å²) in [4.78, 5) is 15.6. The molecule has 144 valence electrons. The molecule has 0 bridgehead atoms. The number of benzene rings is 1. The van der Waals surface area contributed by atoms with Gasteiger partial charge in [0.2, 0.25) is 0 Å². The lowest BCUT2D eigenvalue weighted by Crippen LogP contribution is -2.58. The van der Waals surface area contributed by atoms with E-state index in [9.17, 15) is 13.4 Å². The van der Waals surface area contributed by atoms with Gasteiger partial charge in [-0.15, -0.1) is 0 Å². The molecule has 1 aromatic rings. The molecule has 26 heavy (non-hydrogen) atoms. The Bertz CT molecular complexity index is 717. The number of nitrogens with zero attached hydrogens (tertiary/aromatic N) is 2. The highest BCUT2D eigenvalue weighted by Crippen LogP contribution is 2.31. The third-order valence-corrected chi connectivity index (χ3v) is 6.40. The van der Waals surface area contributed by atoms with Crippen LogP contribution in [0.1, 0.15) is 13.3 Å². The number of likely N-dealkylation sites (N-methyl/N-ethyl adjacent to an activating group) is 1. The highest BCUT2D eigenvalue weighted by atomic mass is 32.2. The minimum absolute atomic E-state index is 0.196. The Balaban J connectivity index is 1.81. The van der Waals surface area contributed by atoms with Gasteiger partial charge in [-0.05, 0) is 38.6 Å². The average molecular weight is 384 g/mol. The molecule has 1 amide bonds. The van der Waals surface area contributed by atoms with Crippen molar-refractivity contribution in [2.24, 2.45) is 5.73 Å². The van der Waals surface area contributed by atoms with E-state index in [1.807, 2.05) is 4.90 Å². The molecule has 7 nitrogen and oxygen atoms in total. The van der Waals surface area contributed by atoms with Crippen LogP contribution in [-0.4, -0.2) is 60.3 Å². The Labute approximate surface area is 155 Å². The zero-order chi connectivity index (χ0) is 18.9. The Kier molecular flexibility index (Phi) is 5.50. The average Bonchev–Trinajstić information content (AvgIpc) is 2.82. The van der Waals surface area contributed by atoms with Crippen LogP contribution in [0.15, 0.2) is 18.2 Å². The normalized spacial score (nSPS) is 28.0. The quantitative estimate of drug-likeness (QED) is 0.805. The Hall–Kier alpha value is -1.71. The van der Waals surface area contributed by atoms with Crippen LogP contribution >= 0.6 is 0 Å². The van der Waals surface area contributed by atoms with Crippen LogP contribution in [0, 0.1) is 5.82 Å². The van der Waals surface area contributed by atoms with Crippen LogP contribution < -0.4 is 20.9 Å². The third-order valence-electron chi connectivity index (χ3n) is 5.01. The molecule has 1 aromatic carbocycles. The summed E-state index contributed by atoms with van der Waals surface area (Å²) in [6.45, 7) is 3.17. The minimum atomic E-state index is -0.999. The highest BCUT2D eigenvalue weighted by Gasteiger charge is 2.47. The van der Waals surface area contributed by atoms with Gasteiger partial charge in [-0.1, -0.05) is 0 Å². The zero-order valence-corrected chi connectivity index (χ0v) is 15.9. The number of carbonyl (C=O) groups is 1. The lowest BCUT2D eigenvalue weighted by Gasteiger charge is -2.30. The van der Waals surface area contributed by atoms with Crippen molar-refractivity contribution in [3.63, 3.8) is 0 Å². The number of carbonyl (C=O) groups excluding carboxylic acids is 1. The SMILES string of the molecule is CN[C@]1([C@H](C)N)CN(c2ccc(N3CCCS(=O)CC3)c(F)c2)C(=O)O1. The first-order valence-corrected chi connectivity index (χ1v) is 10.2. The van der Waals surface area contributed by atoms with Gasteiger partial charge in [0.1, 0.15) is 5.82 Å². The molecule has 2 heterocycles. The van der Waals surface area contributed by atoms with Gasteiger partial charge in [0.15, 0.2) is 5.72 Å². The van der Waals surface area contributed by atoms with Crippen molar-refractivity contribution in [3.8, 4) is 0 Å². The van der Waals surface area contributed by atoms with Gasteiger partial charge in [-0.25, -0.2) is 9.18 Å². The molecule has 2 fully saturated rings. The predicted octanol–water partition coefficient (Wildman–Crippen LogP) is 1.00. The maximum absolute atomic E-state index is 14.7. The molecule has 3 rings (SSSR count). The van der Waals surface area contributed by atoms with Crippen LogP contribution in [0.5, 0.6) is 0 Å². The van der Waals surface area contributed by atoms with Crippen LogP contribution in [0.25, 0.3) is 0 Å². The largest absolute Gasteiger partial charge is 0.424 e. The molecule has 0 aliphatic carbocycles. The molecule has 2 saturated heterocycles. The summed E-state index contributed by atoms with van der Waals surface area (Å²) < 4.78 is 31.8. The highest BCUT2D eigenvalue weighted by molar-refractivity contribution is 7.85. The van der Waals surface area contributed by atoms with E-state index in [2.05, 4.69) is 5.32 Å². The first-order chi connectivity index (χ1) is 12.4. The number of ether oxygens (including phenoxy) is 1. The molecule has 2 aliphatic heterocycles. The van der Waals surface area contributed by atoms with Crippen molar-refractivity contribution in [1.82, 2.24) is 5.32 Å². The monoisotopic (exact) mass is 384 g/mol. The topological polar surface area (TPSA) is 87.9 Å². The van der Waals surface area contributed by atoms with E-state index >= 15 is 0 Å². The first-order valence-electron chi connectivity index (χ1n) is 8.71. The second kappa shape index (κ2) is 7.50. The maximum Gasteiger partial charge on any atom is 0.416 e. The lowest BCUT2D eigenvalue weighted by molar-refractivity contribution is 0.0168. The Morgan fingerprint density at radius 3 is 2.77 bits per heavy atom. The predicted molar refractivity (Wildman–Crippen MR) is 100 cm³/mol. The molecule has 0 saturated carbocycles. The van der Waals surface area contributed by atoms with Crippen molar-refractivity contribution in [1.29, 1.82) is 0 Å². The number of nitrogens with one attached hydrogen (secondary N) is 1. The van der Waals surface area contributed by atoms with Gasteiger partial charge in [0, 0.05) is 35.4 Å². The molecule has 2 aliphatic rings.